The van der Waals surface area contributed by atoms with Gasteiger partial charge < -0.3 is 15.2 Å². The molecule has 0 bridgehead atoms. The first-order chi connectivity index (χ1) is 10.6. The number of hydrogen-bond acceptors (Lipinski definition) is 4. The monoisotopic (exact) mass is 337 g/mol. The van der Waals surface area contributed by atoms with Crippen LogP contribution in [0.15, 0.2) is 28.8 Å². The maximum atomic E-state index is 12.2. The molecule has 2 N–H and O–H groups in total. The molecule has 0 saturated heterocycles. The fraction of sp³-hybridized carbons (Fsp3) is 0.412. The number of anilines is 1. The summed E-state index contributed by atoms with van der Waals surface area (Å²) in [6.07, 6.45) is 1.06. The van der Waals surface area contributed by atoms with Gasteiger partial charge in [-0.2, -0.15) is 0 Å². The quantitative estimate of drug-likeness (QED) is 0.812. The minimum Gasteiger partial charge on any atom is -0.361 e. The van der Waals surface area contributed by atoms with Crippen molar-refractivity contribution in [3.63, 3.8) is 0 Å². The summed E-state index contributed by atoms with van der Waals surface area (Å²) in [5.41, 5.74) is 3.84. The molecule has 0 aliphatic rings. The number of benzene rings is 1. The van der Waals surface area contributed by atoms with E-state index in [0.717, 1.165) is 41.4 Å². The second-order valence-corrected chi connectivity index (χ2v) is 5.29. The van der Waals surface area contributed by atoms with Gasteiger partial charge in [-0.25, -0.2) is 0 Å². The van der Waals surface area contributed by atoms with Crippen LogP contribution in [0.4, 0.5) is 5.69 Å². The maximum Gasteiger partial charge on any atom is 0.224 e. The van der Waals surface area contributed by atoms with E-state index in [1.54, 1.807) is 0 Å². The van der Waals surface area contributed by atoms with Crippen molar-refractivity contribution in [2.75, 3.05) is 11.9 Å². The number of halogens is 1. The average Bonchev–Trinajstić information content (AvgIpc) is 2.83. The lowest BCUT2D eigenvalue weighted by atomic mass is 10.1. The molecule has 1 aromatic carbocycles. The van der Waals surface area contributed by atoms with Gasteiger partial charge in [0.25, 0.3) is 0 Å². The molecule has 0 aliphatic heterocycles. The molecule has 0 spiro atoms. The number of nitrogens with zero attached hydrogens (tertiary/aromatic N) is 1. The number of aryl methyl sites for hydroxylation is 2. The Kier molecular flexibility index (Phi) is 7.78. The lowest BCUT2D eigenvalue weighted by Gasteiger charge is -2.11. The van der Waals surface area contributed by atoms with Gasteiger partial charge in [0.2, 0.25) is 5.91 Å². The zero-order chi connectivity index (χ0) is 15.9. The van der Waals surface area contributed by atoms with Crippen LogP contribution in [0, 0.1) is 13.8 Å². The van der Waals surface area contributed by atoms with Crippen molar-refractivity contribution in [3.8, 4) is 0 Å². The summed E-state index contributed by atoms with van der Waals surface area (Å²) in [5.74, 6) is 0.793. The molecule has 1 heterocycles. The predicted octanol–water partition coefficient (Wildman–Crippen LogP) is 3.39. The summed E-state index contributed by atoms with van der Waals surface area (Å²) >= 11 is 0. The molecular weight excluding hydrogens is 314 g/mol. The van der Waals surface area contributed by atoms with Crippen molar-refractivity contribution in [1.29, 1.82) is 0 Å². The van der Waals surface area contributed by atoms with Crippen LogP contribution in [0.5, 0.6) is 0 Å². The summed E-state index contributed by atoms with van der Waals surface area (Å²) in [4.78, 5) is 12.2. The third-order valence-electron chi connectivity index (χ3n) is 3.64. The molecule has 1 amide bonds. The van der Waals surface area contributed by atoms with E-state index in [-0.39, 0.29) is 18.3 Å². The molecule has 0 fully saturated rings. The molecule has 23 heavy (non-hydrogen) atoms. The Bertz CT molecular complexity index is 621. The molecule has 2 aromatic rings. The minimum absolute atomic E-state index is 0. The van der Waals surface area contributed by atoms with Crippen molar-refractivity contribution < 1.29 is 9.32 Å². The Hall–Kier alpha value is -1.85. The number of rotatable bonds is 7. The first-order valence-corrected chi connectivity index (χ1v) is 7.62. The van der Waals surface area contributed by atoms with Crippen LogP contribution in [0.1, 0.15) is 35.9 Å². The molecule has 0 saturated carbocycles. The van der Waals surface area contributed by atoms with E-state index in [4.69, 9.17) is 4.52 Å². The highest BCUT2D eigenvalue weighted by Crippen LogP contribution is 2.17. The Balaban J connectivity index is 0.00000264. The number of para-hydroxylation sites is 1. The van der Waals surface area contributed by atoms with E-state index in [9.17, 15) is 4.79 Å². The third kappa shape index (κ3) is 5.37. The Morgan fingerprint density at radius 1 is 1.26 bits per heavy atom. The van der Waals surface area contributed by atoms with E-state index in [1.807, 2.05) is 38.1 Å². The predicted molar refractivity (Wildman–Crippen MR) is 94.0 cm³/mol. The van der Waals surface area contributed by atoms with Crippen molar-refractivity contribution in [1.82, 2.24) is 10.5 Å². The fourth-order valence-electron chi connectivity index (χ4n) is 2.37. The molecule has 0 unspecified atom stereocenters. The van der Waals surface area contributed by atoms with E-state index in [1.165, 1.54) is 0 Å². The van der Waals surface area contributed by atoms with Gasteiger partial charge in [-0.3, -0.25) is 4.79 Å². The van der Waals surface area contributed by atoms with Crippen LogP contribution < -0.4 is 10.6 Å². The molecule has 2 rings (SSSR count). The third-order valence-corrected chi connectivity index (χ3v) is 3.64. The molecule has 126 valence electrons. The average molecular weight is 338 g/mol. The molecule has 1 aromatic heterocycles. The topological polar surface area (TPSA) is 67.2 Å². The van der Waals surface area contributed by atoms with E-state index >= 15 is 0 Å². The molecular formula is C17H24ClN3O2. The first-order valence-electron chi connectivity index (χ1n) is 7.62. The summed E-state index contributed by atoms with van der Waals surface area (Å²) in [6, 6.07) is 7.86. The van der Waals surface area contributed by atoms with E-state index < -0.39 is 0 Å². The normalized spacial score (nSPS) is 10.2. The highest BCUT2D eigenvalue weighted by atomic mass is 35.5. The van der Waals surface area contributed by atoms with Crippen LogP contribution in [-0.4, -0.2) is 17.6 Å². The van der Waals surface area contributed by atoms with Gasteiger partial charge in [0.15, 0.2) is 0 Å². The van der Waals surface area contributed by atoms with E-state index in [2.05, 4.69) is 22.7 Å². The second kappa shape index (κ2) is 9.33. The van der Waals surface area contributed by atoms with Crippen LogP contribution >= 0.6 is 12.4 Å². The molecule has 0 aliphatic carbocycles. The molecule has 0 radical (unpaired) electrons. The summed E-state index contributed by atoms with van der Waals surface area (Å²) < 4.78 is 5.12. The number of carbonyl (C=O) groups is 1. The van der Waals surface area contributed by atoms with Gasteiger partial charge in [0, 0.05) is 24.2 Å². The summed E-state index contributed by atoms with van der Waals surface area (Å²) in [5, 5.41) is 10.2. The Labute approximate surface area is 143 Å². The zero-order valence-electron chi connectivity index (χ0n) is 13.8. The standard InChI is InChI=1S/C17H23N3O2.ClH/c1-4-18-11-14-7-5-6-8-16(14)19-17(21)10-9-15-12(2)20-22-13(15)3;/h5-8,18H,4,9-11H2,1-3H3,(H,19,21);1H. The Morgan fingerprint density at radius 2 is 2.00 bits per heavy atom. The second-order valence-electron chi connectivity index (χ2n) is 5.29. The minimum atomic E-state index is 0. The SMILES string of the molecule is CCNCc1ccccc1NC(=O)CCc1c(C)noc1C.Cl. The van der Waals surface area contributed by atoms with Gasteiger partial charge in [0.1, 0.15) is 5.76 Å². The van der Waals surface area contributed by atoms with Crippen LogP contribution in [0.2, 0.25) is 0 Å². The molecule has 5 nitrogen and oxygen atoms in total. The van der Waals surface area contributed by atoms with Crippen molar-refractivity contribution >= 4 is 24.0 Å². The maximum absolute atomic E-state index is 12.2. The van der Waals surface area contributed by atoms with Gasteiger partial charge in [-0.15, -0.1) is 12.4 Å². The van der Waals surface area contributed by atoms with Gasteiger partial charge in [-0.05, 0) is 38.4 Å². The van der Waals surface area contributed by atoms with Gasteiger partial charge in [0.05, 0.1) is 5.69 Å². The fourth-order valence-corrected chi connectivity index (χ4v) is 2.37. The highest BCUT2D eigenvalue weighted by molar-refractivity contribution is 5.91. The van der Waals surface area contributed by atoms with Gasteiger partial charge in [-0.1, -0.05) is 30.3 Å². The number of carbonyl (C=O) groups excluding carboxylic acids is 1. The van der Waals surface area contributed by atoms with Gasteiger partial charge >= 0.3 is 0 Å². The van der Waals surface area contributed by atoms with Crippen molar-refractivity contribution in [2.45, 2.75) is 40.2 Å². The lowest BCUT2D eigenvalue weighted by molar-refractivity contribution is -0.116. The smallest absolute Gasteiger partial charge is 0.224 e. The van der Waals surface area contributed by atoms with Crippen molar-refractivity contribution in [2.24, 2.45) is 0 Å². The van der Waals surface area contributed by atoms with Crippen LogP contribution in [0.3, 0.4) is 0 Å². The van der Waals surface area contributed by atoms with Crippen LogP contribution in [-0.2, 0) is 17.8 Å². The summed E-state index contributed by atoms with van der Waals surface area (Å²) in [6.45, 7) is 7.48. The number of aromatic nitrogens is 1. The molecule has 6 heteroatoms. The van der Waals surface area contributed by atoms with Crippen molar-refractivity contribution in [3.05, 3.63) is 46.8 Å². The molecule has 0 atom stereocenters. The largest absolute Gasteiger partial charge is 0.361 e. The van der Waals surface area contributed by atoms with Crippen LogP contribution in [0.25, 0.3) is 0 Å². The Morgan fingerprint density at radius 3 is 2.65 bits per heavy atom. The zero-order valence-corrected chi connectivity index (χ0v) is 14.6. The van der Waals surface area contributed by atoms with E-state index in [0.29, 0.717) is 12.8 Å². The first kappa shape index (κ1) is 19.2. The summed E-state index contributed by atoms with van der Waals surface area (Å²) in [7, 11) is 0. The highest BCUT2D eigenvalue weighted by Gasteiger charge is 2.12. The number of nitrogens with one attached hydrogen (secondary N) is 2. The lowest BCUT2D eigenvalue weighted by Crippen LogP contribution is -2.17. The number of hydrogen-bond donors (Lipinski definition) is 2. The number of amides is 1.